The van der Waals surface area contributed by atoms with Crippen molar-refractivity contribution in [3.63, 3.8) is 0 Å². The normalized spacial score (nSPS) is 30.9. The van der Waals surface area contributed by atoms with Crippen molar-refractivity contribution in [1.82, 2.24) is 10.2 Å². The summed E-state index contributed by atoms with van der Waals surface area (Å²) in [5, 5.41) is 3.86. The Morgan fingerprint density at radius 2 is 2.00 bits per heavy atom. The van der Waals surface area contributed by atoms with Crippen LogP contribution in [0.3, 0.4) is 0 Å². The highest BCUT2D eigenvalue weighted by Gasteiger charge is 2.35. The number of benzene rings is 1. The van der Waals surface area contributed by atoms with Gasteiger partial charge < -0.3 is 10.1 Å². The largest absolute Gasteiger partial charge is 0.493 e. The molecule has 3 nitrogen and oxygen atoms in total. The molecule has 3 heteroatoms. The number of hydrogen-bond donors (Lipinski definition) is 1. The van der Waals surface area contributed by atoms with Crippen molar-refractivity contribution in [1.29, 1.82) is 0 Å². The minimum atomic E-state index is 0.481. The summed E-state index contributed by atoms with van der Waals surface area (Å²) in [6, 6.07) is 10.5. The maximum atomic E-state index is 5.74. The van der Waals surface area contributed by atoms with Crippen LogP contribution in [0.2, 0.25) is 0 Å². The fourth-order valence-corrected chi connectivity index (χ4v) is 3.49. The van der Waals surface area contributed by atoms with Crippen LogP contribution in [0, 0.1) is 0 Å². The molecule has 19 heavy (non-hydrogen) atoms. The van der Waals surface area contributed by atoms with Gasteiger partial charge in [0.05, 0.1) is 6.61 Å². The third-order valence-corrected chi connectivity index (χ3v) is 4.68. The van der Waals surface area contributed by atoms with Gasteiger partial charge in [0.15, 0.2) is 0 Å². The van der Waals surface area contributed by atoms with Gasteiger partial charge in [-0.15, -0.1) is 0 Å². The van der Waals surface area contributed by atoms with Crippen LogP contribution in [0.25, 0.3) is 0 Å². The van der Waals surface area contributed by atoms with Crippen LogP contribution in [-0.2, 0) is 0 Å². The monoisotopic (exact) mass is 258 g/mol. The smallest absolute Gasteiger partial charge is 0.124 e. The Balaban J connectivity index is 1.43. The molecule has 0 amide bonds. The third-order valence-electron chi connectivity index (χ3n) is 4.68. The fraction of sp³-hybridized carbons (Fsp3) is 0.625. The molecule has 4 rings (SSSR count). The SMILES string of the molecule is c1ccc2c(c1)OCCC2NC1CCN(C2CC2)C1. The number of likely N-dealkylation sites (tertiary alicyclic amines) is 1. The molecule has 0 radical (unpaired) electrons. The summed E-state index contributed by atoms with van der Waals surface area (Å²) >= 11 is 0. The molecule has 2 atom stereocenters. The zero-order valence-corrected chi connectivity index (χ0v) is 11.3. The number of para-hydroxylation sites is 1. The quantitative estimate of drug-likeness (QED) is 0.900. The molecule has 1 aromatic rings. The van der Waals surface area contributed by atoms with Crippen molar-refractivity contribution in [2.75, 3.05) is 19.7 Å². The number of rotatable bonds is 3. The standard InChI is InChI=1S/C16H22N2O/c1-2-4-16-14(3-1)15(8-10-19-16)17-12-7-9-18(11-12)13-5-6-13/h1-4,12-13,15,17H,5-11H2. The second-order valence-corrected chi connectivity index (χ2v) is 6.11. The first kappa shape index (κ1) is 11.7. The Morgan fingerprint density at radius 1 is 1.11 bits per heavy atom. The first-order valence-corrected chi connectivity index (χ1v) is 7.62. The molecule has 0 spiro atoms. The lowest BCUT2D eigenvalue weighted by atomic mass is 9.99. The Hall–Kier alpha value is -1.06. The summed E-state index contributed by atoms with van der Waals surface area (Å²) in [4.78, 5) is 2.67. The molecular weight excluding hydrogens is 236 g/mol. The lowest BCUT2D eigenvalue weighted by Gasteiger charge is -2.29. The van der Waals surface area contributed by atoms with E-state index in [2.05, 4.69) is 34.5 Å². The molecule has 1 aliphatic carbocycles. The maximum Gasteiger partial charge on any atom is 0.124 e. The first-order valence-electron chi connectivity index (χ1n) is 7.62. The minimum Gasteiger partial charge on any atom is -0.493 e. The van der Waals surface area contributed by atoms with Crippen LogP contribution in [0.5, 0.6) is 5.75 Å². The summed E-state index contributed by atoms with van der Waals surface area (Å²) in [5.74, 6) is 1.07. The second-order valence-electron chi connectivity index (χ2n) is 6.11. The summed E-state index contributed by atoms with van der Waals surface area (Å²) < 4.78 is 5.74. The van der Waals surface area contributed by atoms with Gasteiger partial charge >= 0.3 is 0 Å². The number of hydrogen-bond acceptors (Lipinski definition) is 3. The van der Waals surface area contributed by atoms with Crippen LogP contribution in [-0.4, -0.2) is 36.7 Å². The van der Waals surface area contributed by atoms with Crippen molar-refractivity contribution < 1.29 is 4.74 Å². The Bertz CT molecular complexity index is 458. The predicted octanol–water partition coefficient (Wildman–Crippen LogP) is 2.34. The van der Waals surface area contributed by atoms with Crippen molar-refractivity contribution >= 4 is 0 Å². The van der Waals surface area contributed by atoms with Crippen LogP contribution in [0.15, 0.2) is 24.3 Å². The summed E-state index contributed by atoms with van der Waals surface area (Å²) in [5.41, 5.74) is 1.35. The molecule has 1 N–H and O–H groups in total. The van der Waals surface area contributed by atoms with E-state index in [4.69, 9.17) is 4.74 Å². The highest BCUT2D eigenvalue weighted by Crippen LogP contribution is 2.34. The van der Waals surface area contributed by atoms with Crippen LogP contribution >= 0.6 is 0 Å². The van der Waals surface area contributed by atoms with E-state index in [-0.39, 0.29) is 0 Å². The molecule has 2 fully saturated rings. The molecule has 1 saturated heterocycles. The van der Waals surface area contributed by atoms with Crippen LogP contribution in [0.4, 0.5) is 0 Å². The van der Waals surface area contributed by atoms with E-state index >= 15 is 0 Å². The van der Waals surface area contributed by atoms with Gasteiger partial charge in [0.2, 0.25) is 0 Å². The zero-order chi connectivity index (χ0) is 12.7. The molecular formula is C16H22N2O. The van der Waals surface area contributed by atoms with Crippen molar-refractivity contribution in [3.8, 4) is 5.75 Å². The van der Waals surface area contributed by atoms with E-state index in [1.165, 1.54) is 37.9 Å². The lowest BCUT2D eigenvalue weighted by molar-refractivity contribution is 0.241. The van der Waals surface area contributed by atoms with Gasteiger partial charge in [0.1, 0.15) is 5.75 Å². The van der Waals surface area contributed by atoms with Gasteiger partial charge in [-0.25, -0.2) is 0 Å². The predicted molar refractivity (Wildman–Crippen MR) is 75.4 cm³/mol. The maximum absolute atomic E-state index is 5.74. The van der Waals surface area contributed by atoms with E-state index in [9.17, 15) is 0 Å². The molecule has 102 valence electrons. The highest BCUT2D eigenvalue weighted by molar-refractivity contribution is 5.37. The van der Waals surface area contributed by atoms with Gasteiger partial charge in [0, 0.05) is 43.2 Å². The van der Waals surface area contributed by atoms with Gasteiger partial charge in [0.25, 0.3) is 0 Å². The van der Waals surface area contributed by atoms with E-state index < -0.39 is 0 Å². The summed E-state index contributed by atoms with van der Waals surface area (Å²) in [6.45, 7) is 3.37. The number of nitrogens with one attached hydrogen (secondary N) is 1. The van der Waals surface area contributed by atoms with Crippen LogP contribution < -0.4 is 10.1 Å². The third kappa shape index (κ3) is 2.37. The fourth-order valence-electron chi connectivity index (χ4n) is 3.49. The topological polar surface area (TPSA) is 24.5 Å². The Labute approximate surface area is 114 Å². The van der Waals surface area contributed by atoms with Crippen molar-refractivity contribution in [2.45, 2.75) is 43.8 Å². The van der Waals surface area contributed by atoms with Crippen molar-refractivity contribution in [2.24, 2.45) is 0 Å². The first-order chi connectivity index (χ1) is 9.40. The molecule has 3 aliphatic rings. The number of nitrogens with zero attached hydrogens (tertiary/aromatic N) is 1. The Morgan fingerprint density at radius 3 is 2.89 bits per heavy atom. The number of ether oxygens (including phenoxy) is 1. The number of fused-ring (bicyclic) bond motifs is 1. The van der Waals surface area contributed by atoms with Gasteiger partial charge in [-0.05, 0) is 25.3 Å². The summed E-state index contributed by atoms with van der Waals surface area (Å²) in [6.07, 6.45) is 5.24. The molecule has 2 unspecified atom stereocenters. The summed E-state index contributed by atoms with van der Waals surface area (Å²) in [7, 11) is 0. The molecule has 1 aromatic carbocycles. The average Bonchev–Trinajstić information content (AvgIpc) is 3.20. The van der Waals surface area contributed by atoms with E-state index in [1.807, 2.05) is 0 Å². The molecule has 2 heterocycles. The molecule has 0 aromatic heterocycles. The molecule has 0 bridgehead atoms. The molecule has 1 saturated carbocycles. The average molecular weight is 258 g/mol. The highest BCUT2D eigenvalue weighted by atomic mass is 16.5. The Kier molecular flexibility index (Phi) is 2.97. The van der Waals surface area contributed by atoms with Crippen molar-refractivity contribution in [3.05, 3.63) is 29.8 Å². The molecule has 2 aliphatic heterocycles. The van der Waals surface area contributed by atoms with E-state index in [0.29, 0.717) is 12.1 Å². The van der Waals surface area contributed by atoms with Gasteiger partial charge in [-0.3, -0.25) is 4.90 Å². The zero-order valence-electron chi connectivity index (χ0n) is 11.3. The van der Waals surface area contributed by atoms with Gasteiger partial charge in [-0.2, -0.15) is 0 Å². The van der Waals surface area contributed by atoms with Crippen LogP contribution in [0.1, 0.15) is 37.3 Å². The van der Waals surface area contributed by atoms with E-state index in [1.54, 1.807) is 0 Å². The second kappa shape index (κ2) is 4.80. The minimum absolute atomic E-state index is 0.481. The lowest BCUT2D eigenvalue weighted by Crippen LogP contribution is -2.37. The van der Waals surface area contributed by atoms with E-state index in [0.717, 1.165) is 24.8 Å². The van der Waals surface area contributed by atoms with Gasteiger partial charge in [-0.1, -0.05) is 18.2 Å².